The van der Waals surface area contributed by atoms with Gasteiger partial charge in [-0.3, -0.25) is 9.59 Å². The maximum atomic E-state index is 12.3. The van der Waals surface area contributed by atoms with E-state index >= 15 is 0 Å². The van der Waals surface area contributed by atoms with Crippen molar-refractivity contribution in [3.05, 3.63) is 0 Å². The second-order valence-electron chi connectivity index (χ2n) is 7.77. The predicted molar refractivity (Wildman–Crippen MR) is 92.1 cm³/mol. The first-order valence-electron chi connectivity index (χ1n) is 9.24. The Kier molecular flexibility index (Phi) is 5.39. The SMILES string of the molecule is C[C@H](OC(=O)CN1CCCS1(=O)=O)C(=O)N[C@@H](C)[C@@H]1C[C@H]2CC[C@H]1C2. The van der Waals surface area contributed by atoms with E-state index in [1.165, 1.54) is 32.6 Å². The second kappa shape index (κ2) is 7.23. The number of sulfonamides is 1. The lowest BCUT2D eigenvalue weighted by Gasteiger charge is -2.29. The summed E-state index contributed by atoms with van der Waals surface area (Å²) in [6.45, 7) is 3.56. The van der Waals surface area contributed by atoms with Gasteiger partial charge in [-0.15, -0.1) is 0 Å². The van der Waals surface area contributed by atoms with Crippen LogP contribution in [0.2, 0.25) is 0 Å². The zero-order valence-corrected chi connectivity index (χ0v) is 15.8. The minimum atomic E-state index is -3.34. The Morgan fingerprint density at radius 1 is 1.24 bits per heavy atom. The van der Waals surface area contributed by atoms with Crippen LogP contribution in [0.3, 0.4) is 0 Å². The van der Waals surface area contributed by atoms with E-state index in [-0.39, 0.29) is 24.2 Å². The summed E-state index contributed by atoms with van der Waals surface area (Å²) in [5.74, 6) is 1.11. The molecule has 5 atom stereocenters. The van der Waals surface area contributed by atoms with E-state index in [0.717, 1.165) is 10.2 Å². The van der Waals surface area contributed by atoms with Crippen molar-refractivity contribution < 1.29 is 22.7 Å². The topological polar surface area (TPSA) is 92.8 Å². The lowest BCUT2D eigenvalue weighted by Crippen LogP contribution is -2.45. The van der Waals surface area contributed by atoms with Gasteiger partial charge in [0.1, 0.15) is 6.54 Å². The highest BCUT2D eigenvalue weighted by molar-refractivity contribution is 7.89. The van der Waals surface area contributed by atoms with Crippen molar-refractivity contribution in [2.75, 3.05) is 18.8 Å². The number of hydrogen-bond donors (Lipinski definition) is 1. The third kappa shape index (κ3) is 4.16. The predicted octanol–water partition coefficient (Wildman–Crippen LogP) is 0.895. The molecule has 3 rings (SSSR count). The quantitative estimate of drug-likeness (QED) is 0.699. The third-order valence-electron chi connectivity index (χ3n) is 5.99. The number of nitrogens with one attached hydrogen (secondary N) is 1. The zero-order valence-electron chi connectivity index (χ0n) is 14.9. The van der Waals surface area contributed by atoms with Gasteiger partial charge < -0.3 is 10.1 Å². The van der Waals surface area contributed by atoms with E-state index < -0.39 is 22.1 Å². The second-order valence-corrected chi connectivity index (χ2v) is 9.86. The first kappa shape index (κ1) is 18.6. The van der Waals surface area contributed by atoms with Gasteiger partial charge in [0.15, 0.2) is 6.10 Å². The number of carbonyl (C=O) groups excluding carboxylic acids is 2. The molecular formula is C17H28N2O5S. The number of esters is 1. The zero-order chi connectivity index (χ0) is 18.2. The largest absolute Gasteiger partial charge is 0.452 e. The molecule has 3 aliphatic rings. The van der Waals surface area contributed by atoms with E-state index in [2.05, 4.69) is 5.32 Å². The van der Waals surface area contributed by atoms with Crippen LogP contribution in [0.1, 0.15) is 46.0 Å². The van der Waals surface area contributed by atoms with Gasteiger partial charge in [0.25, 0.3) is 5.91 Å². The molecule has 142 valence electrons. The summed E-state index contributed by atoms with van der Waals surface area (Å²) in [6.07, 6.45) is 4.62. The summed E-state index contributed by atoms with van der Waals surface area (Å²) in [5.41, 5.74) is 0. The summed E-state index contributed by atoms with van der Waals surface area (Å²) in [5, 5.41) is 2.97. The molecule has 0 unspecified atom stereocenters. The smallest absolute Gasteiger partial charge is 0.322 e. The molecule has 1 heterocycles. The molecule has 1 saturated heterocycles. The van der Waals surface area contributed by atoms with Crippen LogP contribution >= 0.6 is 0 Å². The minimum Gasteiger partial charge on any atom is -0.452 e. The number of ether oxygens (including phenoxy) is 1. The normalized spacial score (nSPS) is 33.1. The Morgan fingerprint density at radius 2 is 2.00 bits per heavy atom. The number of hydrogen-bond acceptors (Lipinski definition) is 5. The lowest BCUT2D eigenvalue weighted by molar-refractivity contribution is -0.155. The fraction of sp³-hybridized carbons (Fsp3) is 0.882. The summed E-state index contributed by atoms with van der Waals surface area (Å²) in [6, 6.07) is 0.0721. The van der Waals surface area contributed by atoms with Crippen LogP contribution in [0, 0.1) is 17.8 Å². The maximum Gasteiger partial charge on any atom is 0.322 e. The molecule has 1 amide bonds. The molecule has 1 N–H and O–H groups in total. The molecule has 7 nitrogen and oxygen atoms in total. The standard InChI is InChI=1S/C17H28N2O5S/c1-11(15-9-13-4-5-14(15)8-13)18-17(21)12(2)24-16(20)10-19-6-3-7-25(19,22)23/h11-15H,3-10H2,1-2H3,(H,18,21)/t11-,12-,13-,14-,15-/m0/s1. The Hall–Kier alpha value is -1.15. The van der Waals surface area contributed by atoms with Gasteiger partial charge in [-0.25, -0.2) is 8.42 Å². The number of fused-ring (bicyclic) bond motifs is 2. The summed E-state index contributed by atoms with van der Waals surface area (Å²) < 4.78 is 29.7. The average Bonchev–Trinajstić information content (AvgIpc) is 3.23. The molecule has 25 heavy (non-hydrogen) atoms. The third-order valence-corrected chi connectivity index (χ3v) is 7.89. The summed E-state index contributed by atoms with van der Waals surface area (Å²) >= 11 is 0. The van der Waals surface area contributed by atoms with Crippen LogP contribution in [0.5, 0.6) is 0 Å². The molecular weight excluding hydrogens is 344 g/mol. The van der Waals surface area contributed by atoms with Gasteiger partial charge in [0.2, 0.25) is 10.0 Å². The molecule has 3 fully saturated rings. The fourth-order valence-corrected chi connectivity index (χ4v) is 6.12. The molecule has 0 aromatic heterocycles. The van der Waals surface area contributed by atoms with Crippen molar-refractivity contribution >= 4 is 21.9 Å². The van der Waals surface area contributed by atoms with E-state index in [1.807, 2.05) is 6.92 Å². The van der Waals surface area contributed by atoms with Gasteiger partial charge in [-0.2, -0.15) is 4.31 Å². The number of carbonyl (C=O) groups is 2. The molecule has 2 aliphatic carbocycles. The van der Waals surface area contributed by atoms with E-state index in [1.54, 1.807) is 0 Å². The van der Waals surface area contributed by atoms with E-state index in [0.29, 0.717) is 24.8 Å². The summed E-state index contributed by atoms with van der Waals surface area (Å²) in [4.78, 5) is 24.2. The highest BCUT2D eigenvalue weighted by Crippen LogP contribution is 2.49. The molecule has 1 aliphatic heterocycles. The Balaban J connectivity index is 1.45. The Bertz CT molecular complexity index is 635. The van der Waals surface area contributed by atoms with Crippen molar-refractivity contribution in [3.8, 4) is 0 Å². The lowest BCUT2D eigenvalue weighted by atomic mass is 9.84. The minimum absolute atomic E-state index is 0.0668. The molecule has 2 saturated carbocycles. The Labute approximate surface area is 149 Å². The van der Waals surface area contributed by atoms with Crippen molar-refractivity contribution in [3.63, 3.8) is 0 Å². The van der Waals surface area contributed by atoms with E-state index in [4.69, 9.17) is 4.74 Å². The monoisotopic (exact) mass is 372 g/mol. The molecule has 2 bridgehead atoms. The summed E-state index contributed by atoms with van der Waals surface area (Å²) in [7, 11) is -3.34. The molecule has 0 aromatic rings. The fourth-order valence-electron chi connectivity index (χ4n) is 4.66. The van der Waals surface area contributed by atoms with Crippen LogP contribution in [0.4, 0.5) is 0 Å². The van der Waals surface area contributed by atoms with Crippen LogP contribution in [-0.2, 0) is 24.3 Å². The first-order chi connectivity index (χ1) is 11.8. The first-order valence-corrected chi connectivity index (χ1v) is 10.8. The van der Waals surface area contributed by atoms with Crippen molar-refractivity contribution in [2.45, 2.75) is 58.1 Å². The van der Waals surface area contributed by atoms with E-state index in [9.17, 15) is 18.0 Å². The van der Waals surface area contributed by atoms with Gasteiger partial charge >= 0.3 is 5.97 Å². The molecule has 0 radical (unpaired) electrons. The van der Waals surface area contributed by atoms with Crippen LogP contribution in [-0.4, -0.2) is 55.6 Å². The molecule has 0 aromatic carbocycles. The maximum absolute atomic E-state index is 12.3. The Morgan fingerprint density at radius 3 is 2.56 bits per heavy atom. The van der Waals surface area contributed by atoms with Crippen molar-refractivity contribution in [1.29, 1.82) is 0 Å². The molecule has 0 spiro atoms. The van der Waals surface area contributed by atoms with Crippen LogP contribution < -0.4 is 5.32 Å². The number of rotatable bonds is 6. The highest BCUT2D eigenvalue weighted by atomic mass is 32.2. The number of amides is 1. The van der Waals surface area contributed by atoms with Crippen molar-refractivity contribution in [1.82, 2.24) is 9.62 Å². The van der Waals surface area contributed by atoms with Gasteiger partial charge in [-0.1, -0.05) is 6.42 Å². The van der Waals surface area contributed by atoms with Crippen LogP contribution in [0.15, 0.2) is 0 Å². The van der Waals surface area contributed by atoms with Gasteiger partial charge in [0.05, 0.1) is 5.75 Å². The molecule has 8 heteroatoms. The van der Waals surface area contributed by atoms with Gasteiger partial charge in [-0.05, 0) is 57.3 Å². The van der Waals surface area contributed by atoms with Gasteiger partial charge in [0, 0.05) is 12.6 Å². The average molecular weight is 372 g/mol. The highest BCUT2D eigenvalue weighted by Gasteiger charge is 2.42. The van der Waals surface area contributed by atoms with Crippen molar-refractivity contribution in [2.24, 2.45) is 17.8 Å². The van der Waals surface area contributed by atoms with Crippen LogP contribution in [0.25, 0.3) is 0 Å². The number of nitrogens with zero attached hydrogens (tertiary/aromatic N) is 1.